The molecule has 2 rings (SSSR count). The summed E-state index contributed by atoms with van der Waals surface area (Å²) in [5, 5.41) is 6.72. The second-order valence-electron chi connectivity index (χ2n) is 3.28. The van der Waals surface area contributed by atoms with E-state index in [9.17, 15) is 4.79 Å². The molecule has 0 aliphatic rings. The van der Waals surface area contributed by atoms with E-state index in [-0.39, 0.29) is 5.91 Å². The highest BCUT2D eigenvalue weighted by atomic mass is 16.1. The lowest BCUT2D eigenvalue weighted by atomic mass is 10.3. The molecule has 0 saturated heterocycles. The number of hydrogen-bond acceptors (Lipinski definition) is 2. The summed E-state index contributed by atoms with van der Waals surface area (Å²) in [7, 11) is 1.78. The van der Waals surface area contributed by atoms with Gasteiger partial charge < -0.3 is 10.3 Å². The van der Waals surface area contributed by atoms with Crippen molar-refractivity contribution in [3.63, 3.8) is 0 Å². The van der Waals surface area contributed by atoms with Gasteiger partial charge in [-0.15, -0.1) is 0 Å². The lowest BCUT2D eigenvalue weighted by Crippen LogP contribution is -2.22. The molecule has 5 nitrogen and oxygen atoms in total. The van der Waals surface area contributed by atoms with Crippen LogP contribution in [-0.4, -0.2) is 20.7 Å². The summed E-state index contributed by atoms with van der Waals surface area (Å²) in [5.74, 6) is -0.113. The molecule has 0 fully saturated rings. The third-order valence-electron chi connectivity index (χ3n) is 2.07. The number of amides is 1. The molecule has 0 bridgehead atoms. The molecule has 78 valence electrons. The molecule has 0 atom stereocenters. The quantitative estimate of drug-likeness (QED) is 0.772. The third-order valence-corrected chi connectivity index (χ3v) is 2.07. The van der Waals surface area contributed by atoms with Crippen LogP contribution in [-0.2, 0) is 13.6 Å². The molecule has 0 spiro atoms. The van der Waals surface area contributed by atoms with Gasteiger partial charge in [-0.2, -0.15) is 5.10 Å². The number of nitrogens with one attached hydrogen (secondary N) is 2. The van der Waals surface area contributed by atoms with Crippen molar-refractivity contribution in [3.8, 4) is 0 Å². The number of aryl methyl sites for hydroxylation is 1. The smallest absolute Gasteiger partial charge is 0.254 e. The normalized spacial score (nSPS) is 10.2. The number of carbonyl (C=O) groups excluding carboxylic acids is 1. The summed E-state index contributed by atoms with van der Waals surface area (Å²) in [4.78, 5) is 14.6. The molecule has 0 saturated carbocycles. The lowest BCUT2D eigenvalue weighted by molar-refractivity contribution is 0.0950. The minimum absolute atomic E-state index is 0.113. The third kappa shape index (κ3) is 2.25. The maximum atomic E-state index is 11.6. The first-order chi connectivity index (χ1) is 7.25. The van der Waals surface area contributed by atoms with Crippen molar-refractivity contribution in [1.29, 1.82) is 0 Å². The van der Waals surface area contributed by atoms with E-state index in [0.29, 0.717) is 12.1 Å². The van der Waals surface area contributed by atoms with E-state index in [0.717, 1.165) is 5.69 Å². The molecular formula is C10H12N4O. The Morgan fingerprint density at radius 3 is 3.13 bits per heavy atom. The second-order valence-corrected chi connectivity index (χ2v) is 3.28. The van der Waals surface area contributed by atoms with Gasteiger partial charge in [0.1, 0.15) is 0 Å². The fraction of sp³-hybridized carbons (Fsp3) is 0.200. The number of nitrogens with zero attached hydrogens (tertiary/aromatic N) is 2. The van der Waals surface area contributed by atoms with E-state index in [4.69, 9.17) is 0 Å². The monoisotopic (exact) mass is 204 g/mol. The molecule has 0 radical (unpaired) electrons. The van der Waals surface area contributed by atoms with Crippen LogP contribution in [0.4, 0.5) is 0 Å². The molecule has 1 amide bonds. The molecule has 0 aromatic carbocycles. The maximum Gasteiger partial charge on any atom is 0.254 e. The molecule has 5 heteroatoms. The Bertz CT molecular complexity index is 444. The number of carbonyl (C=O) groups is 1. The number of aromatic amines is 1. The van der Waals surface area contributed by atoms with Crippen LogP contribution >= 0.6 is 0 Å². The highest BCUT2D eigenvalue weighted by Gasteiger charge is 2.06. The second kappa shape index (κ2) is 4.00. The molecule has 0 aliphatic heterocycles. The van der Waals surface area contributed by atoms with Crippen molar-refractivity contribution in [2.45, 2.75) is 6.54 Å². The first-order valence-electron chi connectivity index (χ1n) is 4.65. The molecule has 0 aliphatic carbocycles. The van der Waals surface area contributed by atoms with Crippen molar-refractivity contribution in [2.24, 2.45) is 7.05 Å². The summed E-state index contributed by atoms with van der Waals surface area (Å²) in [6, 6.07) is 3.81. The predicted molar refractivity (Wildman–Crippen MR) is 55.2 cm³/mol. The summed E-state index contributed by atoms with van der Waals surface area (Å²) in [6.07, 6.45) is 5.06. The standard InChI is InChI=1S/C10H12N4O/c1-14-7-8(5-13-14)10(15)12-6-9-3-2-4-11-9/h2-5,7,11H,6H2,1H3,(H,12,15). The van der Waals surface area contributed by atoms with Gasteiger partial charge in [0, 0.05) is 25.1 Å². The topological polar surface area (TPSA) is 62.7 Å². The lowest BCUT2D eigenvalue weighted by Gasteiger charge is -2.00. The van der Waals surface area contributed by atoms with Gasteiger partial charge in [-0.05, 0) is 12.1 Å². The van der Waals surface area contributed by atoms with E-state index in [2.05, 4.69) is 15.4 Å². The predicted octanol–water partition coefficient (Wildman–Crippen LogP) is 0.678. The molecule has 15 heavy (non-hydrogen) atoms. The van der Waals surface area contributed by atoms with Crippen LogP contribution < -0.4 is 5.32 Å². The molecule has 2 aromatic heterocycles. The largest absolute Gasteiger partial charge is 0.364 e. The summed E-state index contributed by atoms with van der Waals surface area (Å²) >= 11 is 0. The summed E-state index contributed by atoms with van der Waals surface area (Å²) in [5.41, 5.74) is 1.55. The van der Waals surface area contributed by atoms with Gasteiger partial charge in [0.25, 0.3) is 5.91 Å². The van der Waals surface area contributed by atoms with Gasteiger partial charge in [-0.1, -0.05) is 0 Å². The van der Waals surface area contributed by atoms with Gasteiger partial charge in [0.15, 0.2) is 0 Å². The molecule has 2 N–H and O–H groups in total. The summed E-state index contributed by atoms with van der Waals surface area (Å²) in [6.45, 7) is 0.501. The van der Waals surface area contributed by atoms with Crippen LogP contribution in [0.15, 0.2) is 30.7 Å². The Morgan fingerprint density at radius 1 is 1.67 bits per heavy atom. The van der Waals surface area contributed by atoms with Crippen LogP contribution in [0.5, 0.6) is 0 Å². The minimum Gasteiger partial charge on any atom is -0.364 e. The van der Waals surface area contributed by atoms with Crippen LogP contribution in [0.25, 0.3) is 0 Å². The molecular weight excluding hydrogens is 192 g/mol. The Balaban J connectivity index is 1.93. The number of H-pyrrole nitrogens is 1. The number of hydrogen-bond donors (Lipinski definition) is 2. The number of aromatic nitrogens is 3. The van der Waals surface area contributed by atoms with Crippen molar-refractivity contribution in [3.05, 3.63) is 42.0 Å². The van der Waals surface area contributed by atoms with E-state index >= 15 is 0 Å². The fourth-order valence-corrected chi connectivity index (χ4v) is 1.29. The highest BCUT2D eigenvalue weighted by Crippen LogP contribution is 1.98. The van der Waals surface area contributed by atoms with Crippen molar-refractivity contribution < 1.29 is 4.79 Å². The van der Waals surface area contributed by atoms with Gasteiger partial charge in [0.2, 0.25) is 0 Å². The van der Waals surface area contributed by atoms with Gasteiger partial charge in [-0.25, -0.2) is 0 Å². The Labute approximate surface area is 87.1 Å². The average Bonchev–Trinajstić information content (AvgIpc) is 2.84. The maximum absolute atomic E-state index is 11.6. The zero-order valence-electron chi connectivity index (χ0n) is 8.40. The van der Waals surface area contributed by atoms with Crippen LogP contribution in [0, 0.1) is 0 Å². The van der Waals surface area contributed by atoms with E-state index in [1.54, 1.807) is 24.1 Å². The van der Waals surface area contributed by atoms with E-state index < -0.39 is 0 Å². The minimum atomic E-state index is -0.113. The van der Waals surface area contributed by atoms with E-state index in [1.807, 2.05) is 18.3 Å². The molecule has 2 heterocycles. The fourth-order valence-electron chi connectivity index (χ4n) is 1.29. The van der Waals surface area contributed by atoms with Crippen LogP contribution in [0.3, 0.4) is 0 Å². The average molecular weight is 204 g/mol. The van der Waals surface area contributed by atoms with E-state index in [1.165, 1.54) is 0 Å². The first-order valence-corrected chi connectivity index (χ1v) is 4.65. The first kappa shape index (κ1) is 9.51. The van der Waals surface area contributed by atoms with Crippen LogP contribution in [0.2, 0.25) is 0 Å². The highest BCUT2D eigenvalue weighted by molar-refractivity contribution is 5.93. The van der Waals surface area contributed by atoms with Crippen molar-refractivity contribution in [2.75, 3.05) is 0 Å². The Hall–Kier alpha value is -2.04. The molecule has 0 unspecified atom stereocenters. The SMILES string of the molecule is Cn1cc(C(=O)NCc2ccc[nH]2)cn1. The van der Waals surface area contributed by atoms with Crippen molar-refractivity contribution in [1.82, 2.24) is 20.1 Å². The van der Waals surface area contributed by atoms with Gasteiger partial charge in [0.05, 0.1) is 18.3 Å². The Kier molecular flexibility index (Phi) is 2.53. The van der Waals surface area contributed by atoms with Gasteiger partial charge in [-0.3, -0.25) is 9.48 Å². The van der Waals surface area contributed by atoms with Crippen molar-refractivity contribution >= 4 is 5.91 Å². The summed E-state index contributed by atoms with van der Waals surface area (Å²) < 4.78 is 1.60. The number of rotatable bonds is 3. The van der Waals surface area contributed by atoms with Gasteiger partial charge >= 0.3 is 0 Å². The molecule has 2 aromatic rings. The van der Waals surface area contributed by atoms with Crippen LogP contribution in [0.1, 0.15) is 16.1 Å². The Morgan fingerprint density at radius 2 is 2.53 bits per heavy atom. The zero-order valence-corrected chi connectivity index (χ0v) is 8.40. The zero-order chi connectivity index (χ0) is 10.7.